The molecule has 4 rings (SSSR count). The number of hydroxylamine groups is 1. The van der Waals surface area contributed by atoms with Crippen LogP contribution in [0.25, 0.3) is 0 Å². The van der Waals surface area contributed by atoms with E-state index in [1.54, 1.807) is 13.0 Å². The highest BCUT2D eigenvalue weighted by molar-refractivity contribution is 7.89. The maximum atomic E-state index is 13.2. The number of amides is 1. The first-order chi connectivity index (χ1) is 15.6. The van der Waals surface area contributed by atoms with Crippen LogP contribution < -0.4 is 14.9 Å². The van der Waals surface area contributed by atoms with Crippen LogP contribution in [-0.4, -0.2) is 43.4 Å². The third-order valence-corrected chi connectivity index (χ3v) is 7.26. The molecule has 0 bridgehead atoms. The maximum absolute atomic E-state index is 13.2. The molecular weight excluding hydrogens is 459 g/mol. The third-order valence-electron chi connectivity index (χ3n) is 5.71. The Bertz CT molecular complexity index is 1170. The minimum Gasteiger partial charge on any atom is -0.489 e. The molecule has 176 valence electrons. The van der Waals surface area contributed by atoms with Crippen molar-refractivity contribution in [2.24, 2.45) is 0 Å². The number of carbonyl (C=O) groups is 2. The highest BCUT2D eigenvalue weighted by Crippen LogP contribution is 2.39. The van der Waals surface area contributed by atoms with Crippen LogP contribution in [0.5, 0.6) is 5.75 Å². The topological polar surface area (TPSA) is 140 Å². The molecule has 12 heteroatoms. The Labute approximate surface area is 188 Å². The first kappa shape index (κ1) is 23.0. The van der Waals surface area contributed by atoms with E-state index in [0.29, 0.717) is 5.75 Å². The highest BCUT2D eigenvalue weighted by Gasteiger charge is 2.58. The van der Waals surface area contributed by atoms with Crippen molar-refractivity contribution in [1.29, 1.82) is 0 Å². The number of rotatable bonds is 7. The molecule has 1 aliphatic carbocycles. The zero-order chi connectivity index (χ0) is 23.8. The number of halogens is 1. The van der Waals surface area contributed by atoms with Crippen molar-refractivity contribution in [3.05, 3.63) is 59.4 Å². The molecule has 0 spiro atoms. The molecule has 0 aromatic heterocycles. The lowest BCUT2D eigenvalue weighted by molar-refractivity contribution is -0.136. The van der Waals surface area contributed by atoms with Gasteiger partial charge in [-0.2, -0.15) is 4.72 Å². The number of fused-ring (bicyclic) bond motifs is 1. The number of carbonyl (C=O) groups excluding carboxylic acids is 2. The van der Waals surface area contributed by atoms with Gasteiger partial charge < -0.3 is 14.2 Å². The minimum absolute atomic E-state index is 0.145. The van der Waals surface area contributed by atoms with Gasteiger partial charge in [0.05, 0.1) is 4.90 Å². The Morgan fingerprint density at radius 1 is 1.18 bits per heavy atom. The standard InChI is InChI=1S/C21H21FN2O8S/c1-12-8-14(22)3-2-13(12)11-30-15-4-6-16(7-5-15)33(28,29)24-21(19(25)23-27)9-17-18(10-21)32-20(26)31-17/h2-8,17-18,24,27H,9-11H2,1H3,(H,23,25). The summed E-state index contributed by atoms with van der Waals surface area (Å²) in [5.41, 5.74) is 1.20. The van der Waals surface area contributed by atoms with Crippen molar-refractivity contribution in [1.82, 2.24) is 10.2 Å². The molecule has 33 heavy (non-hydrogen) atoms. The summed E-state index contributed by atoms with van der Waals surface area (Å²) in [7, 11) is -4.21. The number of sulfonamides is 1. The largest absolute Gasteiger partial charge is 0.509 e. The Hall–Kier alpha value is -3.22. The van der Waals surface area contributed by atoms with E-state index in [2.05, 4.69) is 4.72 Å². The average Bonchev–Trinajstić information content (AvgIpc) is 3.26. The number of benzene rings is 2. The van der Waals surface area contributed by atoms with Gasteiger partial charge in [-0.15, -0.1) is 0 Å². The second kappa shape index (κ2) is 8.61. The lowest BCUT2D eigenvalue weighted by Crippen LogP contribution is -2.57. The van der Waals surface area contributed by atoms with Crippen LogP contribution in [-0.2, 0) is 30.9 Å². The van der Waals surface area contributed by atoms with Gasteiger partial charge >= 0.3 is 6.16 Å². The summed E-state index contributed by atoms with van der Waals surface area (Å²) < 4.78 is 57.0. The van der Waals surface area contributed by atoms with E-state index in [9.17, 15) is 22.4 Å². The molecular formula is C21H21FN2O8S. The molecule has 0 radical (unpaired) electrons. The summed E-state index contributed by atoms with van der Waals surface area (Å²) in [6.45, 7) is 1.92. The molecule has 1 aliphatic heterocycles. The molecule has 2 aromatic rings. The van der Waals surface area contributed by atoms with E-state index >= 15 is 0 Å². The van der Waals surface area contributed by atoms with Gasteiger partial charge in [0, 0.05) is 12.8 Å². The highest BCUT2D eigenvalue weighted by atomic mass is 32.2. The van der Waals surface area contributed by atoms with Crippen LogP contribution in [0.1, 0.15) is 24.0 Å². The van der Waals surface area contributed by atoms with Crippen LogP contribution >= 0.6 is 0 Å². The van der Waals surface area contributed by atoms with Crippen molar-refractivity contribution >= 4 is 22.1 Å². The first-order valence-corrected chi connectivity index (χ1v) is 11.4. The fourth-order valence-corrected chi connectivity index (χ4v) is 5.36. The van der Waals surface area contributed by atoms with Crippen LogP contribution in [0.2, 0.25) is 0 Å². The fraction of sp³-hybridized carbons (Fsp3) is 0.333. The second-order valence-electron chi connectivity index (χ2n) is 7.93. The molecule has 10 nitrogen and oxygen atoms in total. The van der Waals surface area contributed by atoms with Crippen LogP contribution in [0.15, 0.2) is 47.4 Å². The maximum Gasteiger partial charge on any atom is 0.509 e. The van der Waals surface area contributed by atoms with Gasteiger partial charge in [-0.3, -0.25) is 10.0 Å². The normalized spacial score (nSPS) is 24.0. The Morgan fingerprint density at radius 2 is 1.82 bits per heavy atom. The minimum atomic E-state index is -4.21. The lowest BCUT2D eigenvalue weighted by Gasteiger charge is -2.27. The predicted molar refractivity (Wildman–Crippen MR) is 109 cm³/mol. The molecule has 1 heterocycles. The number of hydrogen-bond donors (Lipinski definition) is 3. The molecule has 2 fully saturated rings. The molecule has 2 aromatic carbocycles. The van der Waals surface area contributed by atoms with E-state index in [1.165, 1.54) is 41.9 Å². The number of ether oxygens (including phenoxy) is 3. The zero-order valence-electron chi connectivity index (χ0n) is 17.4. The summed E-state index contributed by atoms with van der Waals surface area (Å²) in [5.74, 6) is -0.951. The van der Waals surface area contributed by atoms with Gasteiger partial charge in [0.2, 0.25) is 10.0 Å². The van der Waals surface area contributed by atoms with Crippen molar-refractivity contribution in [2.75, 3.05) is 0 Å². The van der Waals surface area contributed by atoms with Crippen molar-refractivity contribution in [3.63, 3.8) is 0 Å². The number of hydrogen-bond acceptors (Lipinski definition) is 8. The smallest absolute Gasteiger partial charge is 0.489 e. The number of aryl methyl sites for hydroxylation is 1. The number of nitrogens with one attached hydrogen (secondary N) is 2. The summed E-state index contributed by atoms with van der Waals surface area (Å²) in [6, 6.07) is 9.81. The van der Waals surface area contributed by atoms with Gasteiger partial charge in [0.1, 0.15) is 35.9 Å². The van der Waals surface area contributed by atoms with Crippen LogP contribution in [0, 0.1) is 12.7 Å². The third kappa shape index (κ3) is 4.63. The Morgan fingerprint density at radius 3 is 2.39 bits per heavy atom. The summed E-state index contributed by atoms with van der Waals surface area (Å²) >= 11 is 0. The zero-order valence-corrected chi connectivity index (χ0v) is 18.2. The van der Waals surface area contributed by atoms with E-state index in [0.717, 1.165) is 11.1 Å². The second-order valence-corrected chi connectivity index (χ2v) is 9.61. The Kier molecular flexibility index (Phi) is 5.99. The van der Waals surface area contributed by atoms with Gasteiger partial charge in [0.25, 0.3) is 5.91 Å². The summed E-state index contributed by atoms with van der Waals surface area (Å²) in [6.07, 6.45) is -2.93. The van der Waals surface area contributed by atoms with Crippen molar-refractivity contribution < 1.29 is 41.8 Å². The van der Waals surface area contributed by atoms with E-state index in [4.69, 9.17) is 19.4 Å². The SMILES string of the molecule is Cc1cc(F)ccc1COc1ccc(S(=O)(=O)NC2(C(=O)NO)CC3OC(=O)OC3C2)cc1. The van der Waals surface area contributed by atoms with Gasteiger partial charge in [-0.1, -0.05) is 6.07 Å². The molecule has 2 unspecified atom stereocenters. The molecule has 1 amide bonds. The fourth-order valence-electron chi connectivity index (χ4n) is 3.98. The van der Waals surface area contributed by atoms with Gasteiger partial charge in [0.15, 0.2) is 0 Å². The molecule has 2 aliphatic rings. The monoisotopic (exact) mass is 480 g/mol. The first-order valence-electron chi connectivity index (χ1n) is 9.95. The molecule has 1 saturated carbocycles. The van der Waals surface area contributed by atoms with Crippen LogP contribution in [0.3, 0.4) is 0 Å². The Balaban J connectivity index is 1.47. The van der Waals surface area contributed by atoms with Crippen molar-refractivity contribution in [3.8, 4) is 5.75 Å². The predicted octanol–water partition coefficient (Wildman–Crippen LogP) is 1.93. The molecule has 1 saturated heterocycles. The quantitative estimate of drug-likeness (QED) is 0.310. The average molecular weight is 480 g/mol. The molecule has 2 atom stereocenters. The van der Waals surface area contributed by atoms with E-state index in [1.807, 2.05) is 0 Å². The van der Waals surface area contributed by atoms with Gasteiger partial charge in [-0.25, -0.2) is 23.1 Å². The summed E-state index contributed by atoms with van der Waals surface area (Å²) in [5, 5.41) is 9.15. The van der Waals surface area contributed by atoms with E-state index < -0.39 is 39.8 Å². The molecule has 3 N–H and O–H groups in total. The lowest BCUT2D eigenvalue weighted by atomic mass is 9.98. The van der Waals surface area contributed by atoms with Crippen LogP contribution in [0.4, 0.5) is 9.18 Å². The van der Waals surface area contributed by atoms with E-state index in [-0.39, 0.29) is 30.2 Å². The van der Waals surface area contributed by atoms with Crippen molar-refractivity contribution in [2.45, 2.75) is 49.0 Å². The summed E-state index contributed by atoms with van der Waals surface area (Å²) in [4.78, 5) is 23.5. The van der Waals surface area contributed by atoms with Gasteiger partial charge in [-0.05, 0) is 54.4 Å².